The van der Waals surface area contributed by atoms with Crippen molar-refractivity contribution in [2.24, 2.45) is 0 Å². The minimum atomic E-state index is -3.37. The van der Waals surface area contributed by atoms with Gasteiger partial charge in [0.25, 0.3) is 10.1 Å². The summed E-state index contributed by atoms with van der Waals surface area (Å²) in [6.07, 6.45) is 1.03. The molecule has 74 valence electrons. The lowest BCUT2D eigenvalue weighted by molar-refractivity contribution is 0.314. The van der Waals surface area contributed by atoms with Crippen molar-refractivity contribution in [3.63, 3.8) is 0 Å². The largest absolute Gasteiger partial charge is 0.265 e. The molecule has 1 rings (SSSR count). The van der Waals surface area contributed by atoms with Crippen molar-refractivity contribution in [1.29, 1.82) is 0 Å². The van der Waals surface area contributed by atoms with Crippen LogP contribution in [-0.4, -0.2) is 19.7 Å². The van der Waals surface area contributed by atoms with Gasteiger partial charge in [0, 0.05) is 0 Å². The normalized spacial score (nSPS) is 11.9. The molecular weight excluding hydrogens is 278 g/mol. The van der Waals surface area contributed by atoms with Crippen LogP contribution in [0.4, 0.5) is 0 Å². The summed E-state index contributed by atoms with van der Waals surface area (Å²) in [6.45, 7) is 1.87. The molecule has 0 unspecified atom stereocenters. The smallest absolute Gasteiger partial charge is 0.264 e. The zero-order valence-electron chi connectivity index (χ0n) is 7.07. The Morgan fingerprint density at radius 1 is 1.62 bits per heavy atom. The molecule has 0 aliphatic heterocycles. The van der Waals surface area contributed by atoms with Gasteiger partial charge in [-0.05, 0) is 22.9 Å². The summed E-state index contributed by atoms with van der Waals surface area (Å²) in [6, 6.07) is 0. The molecule has 1 heterocycles. The number of aryl methyl sites for hydroxylation is 1. The number of aromatic nitrogens is 1. The van der Waals surface area contributed by atoms with Crippen LogP contribution in [0.3, 0.4) is 0 Å². The first-order chi connectivity index (χ1) is 5.88. The fraction of sp³-hybridized carbons (Fsp3) is 0.500. The van der Waals surface area contributed by atoms with Crippen LogP contribution in [0, 0.1) is 6.92 Å². The summed E-state index contributed by atoms with van der Waals surface area (Å²) in [5, 5.41) is 0. The number of hydrogen-bond donors (Lipinski definition) is 0. The third-order valence-electron chi connectivity index (χ3n) is 1.27. The Balaban J connectivity index is 2.70. The van der Waals surface area contributed by atoms with E-state index >= 15 is 0 Å². The highest BCUT2D eigenvalue weighted by Gasteiger charge is 2.08. The Hall–Kier alpha value is 0.0200. The molecule has 0 spiro atoms. The molecule has 0 atom stereocenters. The Morgan fingerprint density at radius 2 is 2.23 bits per heavy atom. The van der Waals surface area contributed by atoms with Crippen molar-refractivity contribution in [2.75, 3.05) is 6.26 Å². The van der Waals surface area contributed by atoms with Crippen molar-refractivity contribution in [3.05, 3.63) is 14.5 Å². The monoisotopic (exact) mass is 285 g/mol. The predicted octanol–water partition coefficient (Wildman–Crippen LogP) is 1.69. The van der Waals surface area contributed by atoms with E-state index < -0.39 is 10.1 Å². The molecule has 0 amide bonds. The van der Waals surface area contributed by atoms with E-state index in [1.165, 1.54) is 11.3 Å². The molecule has 0 saturated heterocycles. The number of halogens is 1. The molecule has 1 aromatic rings. The van der Waals surface area contributed by atoms with Gasteiger partial charge < -0.3 is 0 Å². The van der Waals surface area contributed by atoms with Gasteiger partial charge in [-0.15, -0.1) is 11.3 Å². The first-order valence-corrected chi connectivity index (χ1v) is 6.77. The SMILES string of the molecule is Cc1nc(Br)sc1COS(C)(=O)=O. The minimum Gasteiger partial charge on any atom is -0.265 e. The van der Waals surface area contributed by atoms with Crippen LogP contribution >= 0.6 is 27.3 Å². The second kappa shape index (κ2) is 4.04. The van der Waals surface area contributed by atoms with Gasteiger partial charge in [-0.3, -0.25) is 4.18 Å². The molecule has 0 bridgehead atoms. The summed E-state index contributed by atoms with van der Waals surface area (Å²) in [5.74, 6) is 0. The van der Waals surface area contributed by atoms with Gasteiger partial charge in [-0.25, -0.2) is 4.98 Å². The lowest BCUT2D eigenvalue weighted by atomic mass is 10.4. The van der Waals surface area contributed by atoms with Crippen LogP contribution in [0.2, 0.25) is 0 Å². The molecule has 4 nitrogen and oxygen atoms in total. The molecule has 0 saturated carbocycles. The maximum absolute atomic E-state index is 10.7. The topological polar surface area (TPSA) is 56.3 Å². The van der Waals surface area contributed by atoms with E-state index in [0.717, 1.165) is 20.7 Å². The van der Waals surface area contributed by atoms with E-state index in [0.29, 0.717) is 0 Å². The summed E-state index contributed by atoms with van der Waals surface area (Å²) in [5.41, 5.74) is 0.792. The van der Waals surface area contributed by atoms with Crippen LogP contribution < -0.4 is 0 Å². The second-order valence-corrected chi connectivity index (χ2v) is 6.45. The third kappa shape index (κ3) is 3.72. The van der Waals surface area contributed by atoms with E-state index in [1.807, 2.05) is 6.92 Å². The van der Waals surface area contributed by atoms with Crippen LogP contribution in [0.1, 0.15) is 10.6 Å². The quantitative estimate of drug-likeness (QED) is 0.793. The number of nitrogens with zero attached hydrogens (tertiary/aromatic N) is 1. The summed E-state index contributed by atoms with van der Waals surface area (Å²) in [4.78, 5) is 4.89. The summed E-state index contributed by atoms with van der Waals surface area (Å²) >= 11 is 4.58. The first kappa shape index (κ1) is 11.1. The van der Waals surface area contributed by atoms with E-state index in [1.54, 1.807) is 0 Å². The van der Waals surface area contributed by atoms with Crippen molar-refractivity contribution < 1.29 is 12.6 Å². The maximum atomic E-state index is 10.7. The zero-order chi connectivity index (χ0) is 10.1. The fourth-order valence-corrected chi connectivity index (χ4v) is 2.64. The van der Waals surface area contributed by atoms with Crippen LogP contribution in [0.15, 0.2) is 3.92 Å². The average Bonchev–Trinajstić information content (AvgIpc) is 2.24. The fourth-order valence-electron chi connectivity index (χ4n) is 0.687. The molecule has 7 heteroatoms. The predicted molar refractivity (Wildman–Crippen MR) is 54.2 cm³/mol. The molecule has 0 aliphatic rings. The zero-order valence-corrected chi connectivity index (χ0v) is 10.3. The van der Waals surface area contributed by atoms with E-state index in [4.69, 9.17) is 0 Å². The van der Waals surface area contributed by atoms with Gasteiger partial charge in [-0.1, -0.05) is 0 Å². The molecule has 0 N–H and O–H groups in total. The highest BCUT2D eigenvalue weighted by molar-refractivity contribution is 9.11. The van der Waals surface area contributed by atoms with Crippen LogP contribution in [0.25, 0.3) is 0 Å². The molecule has 13 heavy (non-hydrogen) atoms. The van der Waals surface area contributed by atoms with Gasteiger partial charge in [0.05, 0.1) is 16.8 Å². The molecule has 0 aromatic carbocycles. The Bertz CT molecular complexity index is 398. The lowest BCUT2D eigenvalue weighted by Crippen LogP contribution is -2.02. The highest BCUT2D eigenvalue weighted by atomic mass is 79.9. The van der Waals surface area contributed by atoms with Gasteiger partial charge >= 0.3 is 0 Å². The minimum absolute atomic E-state index is 0.0634. The Kier molecular flexibility index (Phi) is 3.44. The van der Waals surface area contributed by atoms with Gasteiger partial charge in [-0.2, -0.15) is 8.42 Å². The van der Waals surface area contributed by atoms with Crippen LogP contribution in [-0.2, 0) is 20.9 Å². The number of thiazole rings is 1. The molecule has 0 fully saturated rings. The van der Waals surface area contributed by atoms with Gasteiger partial charge in [0.2, 0.25) is 0 Å². The molecular formula is C6H8BrNO3S2. The maximum Gasteiger partial charge on any atom is 0.264 e. The Morgan fingerprint density at radius 3 is 2.62 bits per heavy atom. The Labute approximate surface area is 89.2 Å². The van der Waals surface area contributed by atoms with E-state index in [9.17, 15) is 8.42 Å². The highest BCUT2D eigenvalue weighted by Crippen LogP contribution is 2.23. The third-order valence-corrected chi connectivity index (χ3v) is 3.40. The average molecular weight is 286 g/mol. The lowest BCUT2D eigenvalue weighted by Gasteiger charge is -1.97. The van der Waals surface area contributed by atoms with Crippen molar-refractivity contribution >= 4 is 37.4 Å². The van der Waals surface area contributed by atoms with Gasteiger partial charge in [0.15, 0.2) is 3.92 Å². The summed E-state index contributed by atoms with van der Waals surface area (Å²) < 4.78 is 26.7. The van der Waals surface area contributed by atoms with Crippen molar-refractivity contribution in [3.8, 4) is 0 Å². The van der Waals surface area contributed by atoms with E-state index in [2.05, 4.69) is 25.1 Å². The molecule has 1 aromatic heterocycles. The van der Waals surface area contributed by atoms with Crippen molar-refractivity contribution in [1.82, 2.24) is 4.98 Å². The number of rotatable bonds is 3. The standard InChI is InChI=1S/C6H8BrNO3S2/c1-4-5(12-6(7)8-4)3-11-13(2,9)10/h3H2,1-2H3. The van der Waals surface area contributed by atoms with E-state index in [-0.39, 0.29) is 6.61 Å². The molecule has 0 aliphatic carbocycles. The molecule has 0 radical (unpaired) electrons. The van der Waals surface area contributed by atoms with Gasteiger partial charge in [0.1, 0.15) is 6.61 Å². The van der Waals surface area contributed by atoms with Crippen LogP contribution in [0.5, 0.6) is 0 Å². The second-order valence-electron chi connectivity index (χ2n) is 2.44. The first-order valence-electron chi connectivity index (χ1n) is 3.34. The number of hydrogen-bond acceptors (Lipinski definition) is 5. The summed E-state index contributed by atoms with van der Waals surface area (Å²) in [7, 11) is -3.37. The van der Waals surface area contributed by atoms with Crippen molar-refractivity contribution in [2.45, 2.75) is 13.5 Å².